The van der Waals surface area contributed by atoms with Gasteiger partial charge in [-0.15, -0.1) is 0 Å². The van der Waals surface area contributed by atoms with Crippen molar-refractivity contribution in [3.63, 3.8) is 0 Å². The average molecular weight is 246 g/mol. The number of hydrogen-bond acceptors (Lipinski definition) is 2. The van der Waals surface area contributed by atoms with Gasteiger partial charge in [0.1, 0.15) is 0 Å². The molecule has 0 unspecified atom stereocenters. The van der Waals surface area contributed by atoms with E-state index in [0.717, 1.165) is 16.7 Å². The molecule has 0 N–H and O–H groups in total. The second-order valence-electron chi connectivity index (χ2n) is 4.09. The van der Waals surface area contributed by atoms with Crippen LogP contribution in [0.1, 0.15) is 5.56 Å². The van der Waals surface area contributed by atoms with E-state index in [4.69, 9.17) is 0 Å². The van der Waals surface area contributed by atoms with Gasteiger partial charge >= 0.3 is 0 Å². The minimum Gasteiger partial charge on any atom is -0.229 e. The monoisotopic (exact) mass is 246 g/mol. The molecule has 0 heterocycles. The predicted molar refractivity (Wildman–Crippen MR) is 70.4 cm³/mol. The molecule has 2 nitrogen and oxygen atoms in total. The summed E-state index contributed by atoms with van der Waals surface area (Å²) in [6, 6.07) is 17.4. The molecule has 0 aromatic heterocycles. The summed E-state index contributed by atoms with van der Waals surface area (Å²) in [6.07, 6.45) is 1.26. The normalized spacial score (nSPS) is 11.4. The third-order valence-corrected chi connectivity index (χ3v) is 3.36. The average Bonchev–Trinajstić information content (AvgIpc) is 2.29. The van der Waals surface area contributed by atoms with Crippen LogP contribution in [0.5, 0.6) is 0 Å². The third kappa shape index (κ3) is 3.17. The van der Waals surface area contributed by atoms with Gasteiger partial charge in [0, 0.05) is 6.26 Å². The van der Waals surface area contributed by atoms with E-state index in [1.807, 2.05) is 54.6 Å². The fourth-order valence-electron chi connectivity index (χ4n) is 1.83. The molecule has 0 saturated heterocycles. The van der Waals surface area contributed by atoms with Crippen molar-refractivity contribution in [3.05, 3.63) is 60.2 Å². The van der Waals surface area contributed by atoms with E-state index in [1.165, 1.54) is 6.26 Å². The highest BCUT2D eigenvalue weighted by Crippen LogP contribution is 2.24. The van der Waals surface area contributed by atoms with Crippen LogP contribution in [-0.4, -0.2) is 14.7 Å². The molecular weight excluding hydrogens is 232 g/mol. The Morgan fingerprint density at radius 1 is 0.882 bits per heavy atom. The lowest BCUT2D eigenvalue weighted by molar-refractivity contribution is 0.601. The van der Waals surface area contributed by atoms with Crippen LogP contribution < -0.4 is 0 Å². The predicted octanol–water partition coefficient (Wildman–Crippen LogP) is 2.90. The second-order valence-corrected chi connectivity index (χ2v) is 6.23. The Labute approximate surface area is 102 Å². The van der Waals surface area contributed by atoms with Gasteiger partial charge in [-0.25, -0.2) is 8.42 Å². The minimum atomic E-state index is -3.01. The van der Waals surface area contributed by atoms with Crippen LogP contribution in [-0.2, 0) is 15.6 Å². The van der Waals surface area contributed by atoms with Gasteiger partial charge in [0.2, 0.25) is 0 Å². The van der Waals surface area contributed by atoms with Gasteiger partial charge in [0.25, 0.3) is 0 Å². The maximum absolute atomic E-state index is 11.4. The first-order valence-corrected chi connectivity index (χ1v) is 7.43. The quantitative estimate of drug-likeness (QED) is 0.834. The zero-order valence-electron chi connectivity index (χ0n) is 9.63. The summed E-state index contributed by atoms with van der Waals surface area (Å²) in [6.45, 7) is 0. The number of sulfone groups is 1. The zero-order chi connectivity index (χ0) is 12.3. The molecule has 2 rings (SSSR count). The van der Waals surface area contributed by atoms with Crippen LogP contribution >= 0.6 is 0 Å². The van der Waals surface area contributed by atoms with Crippen LogP contribution in [0, 0.1) is 0 Å². The van der Waals surface area contributed by atoms with Gasteiger partial charge in [-0.3, -0.25) is 0 Å². The van der Waals surface area contributed by atoms with Gasteiger partial charge in [-0.1, -0.05) is 54.6 Å². The number of rotatable bonds is 3. The first-order chi connectivity index (χ1) is 8.06. The van der Waals surface area contributed by atoms with Crippen molar-refractivity contribution in [1.82, 2.24) is 0 Å². The van der Waals surface area contributed by atoms with E-state index >= 15 is 0 Å². The summed E-state index contributed by atoms with van der Waals surface area (Å²) in [5.41, 5.74) is 2.88. The van der Waals surface area contributed by atoms with Crippen molar-refractivity contribution in [1.29, 1.82) is 0 Å². The highest BCUT2D eigenvalue weighted by atomic mass is 32.2. The van der Waals surface area contributed by atoms with Gasteiger partial charge in [-0.05, 0) is 16.7 Å². The van der Waals surface area contributed by atoms with Crippen LogP contribution in [0.4, 0.5) is 0 Å². The molecule has 88 valence electrons. The fourth-order valence-corrected chi connectivity index (χ4v) is 2.64. The van der Waals surface area contributed by atoms with Crippen LogP contribution in [0.25, 0.3) is 11.1 Å². The third-order valence-electron chi connectivity index (χ3n) is 2.52. The Kier molecular flexibility index (Phi) is 3.29. The maximum atomic E-state index is 11.4. The summed E-state index contributed by atoms with van der Waals surface area (Å²) >= 11 is 0. The minimum absolute atomic E-state index is 0.0814. The van der Waals surface area contributed by atoms with Gasteiger partial charge in [-0.2, -0.15) is 0 Å². The summed E-state index contributed by atoms with van der Waals surface area (Å²) in [5.74, 6) is 0.0814. The van der Waals surface area contributed by atoms with Crippen LogP contribution in [0.15, 0.2) is 54.6 Å². The fraction of sp³-hybridized carbons (Fsp3) is 0.143. The summed E-state index contributed by atoms with van der Waals surface area (Å²) in [7, 11) is -3.01. The van der Waals surface area contributed by atoms with Crippen molar-refractivity contribution in [3.8, 4) is 11.1 Å². The molecule has 0 atom stereocenters. The lowest BCUT2D eigenvalue weighted by Crippen LogP contribution is -2.02. The van der Waals surface area contributed by atoms with Crippen molar-refractivity contribution >= 4 is 9.84 Å². The Bertz CT molecular complexity index is 601. The van der Waals surface area contributed by atoms with Crippen LogP contribution in [0.3, 0.4) is 0 Å². The molecule has 0 radical (unpaired) electrons. The molecule has 0 aliphatic rings. The van der Waals surface area contributed by atoms with E-state index in [-0.39, 0.29) is 5.75 Å². The van der Waals surface area contributed by atoms with E-state index in [1.54, 1.807) is 0 Å². The van der Waals surface area contributed by atoms with Gasteiger partial charge < -0.3 is 0 Å². The molecule has 2 aromatic carbocycles. The van der Waals surface area contributed by atoms with Crippen molar-refractivity contribution in [2.45, 2.75) is 5.75 Å². The van der Waals surface area contributed by atoms with Crippen molar-refractivity contribution < 1.29 is 8.42 Å². The standard InChI is InChI=1S/C14H14O2S/c1-17(15,16)11-13-9-5-6-10-14(13)12-7-3-2-4-8-12/h2-10H,11H2,1H3. The largest absolute Gasteiger partial charge is 0.229 e. The molecular formula is C14H14O2S. The van der Waals surface area contributed by atoms with E-state index < -0.39 is 9.84 Å². The number of benzene rings is 2. The molecule has 0 amide bonds. The molecule has 2 aromatic rings. The topological polar surface area (TPSA) is 34.1 Å². The molecule has 17 heavy (non-hydrogen) atoms. The molecule has 0 aliphatic heterocycles. The van der Waals surface area contributed by atoms with E-state index in [9.17, 15) is 8.42 Å². The first-order valence-electron chi connectivity index (χ1n) is 5.37. The lowest BCUT2D eigenvalue weighted by atomic mass is 10.0. The van der Waals surface area contributed by atoms with E-state index in [0.29, 0.717) is 0 Å². The molecule has 0 saturated carbocycles. The van der Waals surface area contributed by atoms with Gasteiger partial charge in [0.05, 0.1) is 5.75 Å². The van der Waals surface area contributed by atoms with Crippen LogP contribution in [0.2, 0.25) is 0 Å². The Morgan fingerprint density at radius 2 is 1.47 bits per heavy atom. The number of hydrogen-bond donors (Lipinski definition) is 0. The van der Waals surface area contributed by atoms with E-state index in [2.05, 4.69) is 0 Å². The molecule has 3 heteroatoms. The molecule has 0 fully saturated rings. The Morgan fingerprint density at radius 3 is 2.12 bits per heavy atom. The first kappa shape index (κ1) is 11.9. The van der Waals surface area contributed by atoms with Gasteiger partial charge in [0.15, 0.2) is 9.84 Å². The maximum Gasteiger partial charge on any atom is 0.151 e. The summed E-state index contributed by atoms with van der Waals surface area (Å²) in [4.78, 5) is 0. The lowest BCUT2D eigenvalue weighted by Gasteiger charge is -2.08. The molecule has 0 spiro atoms. The molecule has 0 aliphatic carbocycles. The highest BCUT2D eigenvalue weighted by Gasteiger charge is 2.09. The summed E-state index contributed by atoms with van der Waals surface area (Å²) in [5, 5.41) is 0. The summed E-state index contributed by atoms with van der Waals surface area (Å²) < 4.78 is 22.8. The highest BCUT2D eigenvalue weighted by molar-refractivity contribution is 7.89. The molecule has 0 bridgehead atoms. The SMILES string of the molecule is CS(=O)(=O)Cc1ccccc1-c1ccccc1. The smallest absolute Gasteiger partial charge is 0.151 e. The van der Waals surface area contributed by atoms with Crippen molar-refractivity contribution in [2.24, 2.45) is 0 Å². The van der Waals surface area contributed by atoms with Crippen molar-refractivity contribution in [2.75, 3.05) is 6.26 Å². The Balaban J connectivity index is 2.49. The Hall–Kier alpha value is -1.61. The second kappa shape index (κ2) is 4.72. The zero-order valence-corrected chi connectivity index (χ0v) is 10.4.